The fraction of sp³-hybridized carbons (Fsp3) is 0.375. The predicted molar refractivity (Wildman–Crippen MR) is 91.1 cm³/mol. The highest BCUT2D eigenvalue weighted by molar-refractivity contribution is 7.15. The Morgan fingerprint density at radius 2 is 2.30 bits per heavy atom. The summed E-state index contributed by atoms with van der Waals surface area (Å²) >= 11 is 3.11. The van der Waals surface area contributed by atoms with Gasteiger partial charge in [-0.3, -0.25) is 9.20 Å². The average molecular weight is 347 g/mol. The zero-order chi connectivity index (χ0) is 16.0. The zero-order valence-electron chi connectivity index (χ0n) is 12.6. The van der Waals surface area contributed by atoms with Gasteiger partial charge in [0.1, 0.15) is 5.69 Å². The van der Waals surface area contributed by atoms with E-state index in [2.05, 4.69) is 10.3 Å². The van der Waals surface area contributed by atoms with E-state index < -0.39 is 0 Å². The number of nitrogens with one attached hydrogen (secondary N) is 1. The summed E-state index contributed by atoms with van der Waals surface area (Å²) in [5.41, 5.74) is 1.52. The second kappa shape index (κ2) is 5.74. The number of imidazole rings is 1. The highest BCUT2D eigenvalue weighted by atomic mass is 32.1. The number of carbonyl (C=O) groups is 1. The molecule has 1 fully saturated rings. The molecule has 0 saturated heterocycles. The Labute approximate surface area is 141 Å². The second-order valence-corrected chi connectivity index (χ2v) is 7.82. The molecule has 5 nitrogen and oxygen atoms in total. The summed E-state index contributed by atoms with van der Waals surface area (Å²) in [6.07, 6.45) is 3.13. The van der Waals surface area contributed by atoms with Crippen molar-refractivity contribution in [2.75, 3.05) is 0 Å². The van der Waals surface area contributed by atoms with Gasteiger partial charge in [-0.2, -0.15) is 0 Å². The van der Waals surface area contributed by atoms with E-state index in [9.17, 15) is 9.90 Å². The minimum absolute atomic E-state index is 0.0366. The normalized spacial score (nSPS) is 22.0. The maximum Gasteiger partial charge on any atom is 0.269 e. The van der Waals surface area contributed by atoms with Crippen LogP contribution in [0.3, 0.4) is 0 Å². The van der Waals surface area contributed by atoms with Gasteiger partial charge in [0.25, 0.3) is 5.91 Å². The molecule has 3 heterocycles. The molecule has 3 aromatic rings. The number of aliphatic hydroxyl groups is 1. The van der Waals surface area contributed by atoms with Gasteiger partial charge in [-0.25, -0.2) is 4.98 Å². The molecular weight excluding hydrogens is 330 g/mol. The molecule has 0 bridgehead atoms. The van der Waals surface area contributed by atoms with Crippen molar-refractivity contribution in [1.29, 1.82) is 0 Å². The fourth-order valence-electron chi connectivity index (χ4n) is 3.07. The first-order chi connectivity index (χ1) is 11.1. The molecule has 3 aromatic heterocycles. The molecule has 1 atom stereocenters. The zero-order valence-corrected chi connectivity index (χ0v) is 14.2. The molecule has 1 saturated carbocycles. The molecule has 4 rings (SSSR count). The number of amides is 1. The number of carbonyl (C=O) groups excluding carboxylic acids is 1. The number of thiazole rings is 1. The molecule has 0 aromatic carbocycles. The van der Waals surface area contributed by atoms with E-state index in [1.165, 1.54) is 11.3 Å². The quantitative estimate of drug-likeness (QED) is 0.762. The number of aromatic nitrogens is 2. The number of nitrogens with zero attached hydrogens (tertiary/aromatic N) is 2. The largest absolute Gasteiger partial charge is 0.393 e. The smallest absolute Gasteiger partial charge is 0.269 e. The minimum atomic E-state index is -0.233. The number of rotatable bonds is 4. The monoisotopic (exact) mass is 347 g/mol. The van der Waals surface area contributed by atoms with Gasteiger partial charge in [-0.15, -0.1) is 22.7 Å². The third-order valence-corrected chi connectivity index (χ3v) is 6.11. The molecule has 0 aliphatic heterocycles. The summed E-state index contributed by atoms with van der Waals surface area (Å²) in [5, 5.41) is 16.6. The number of fused-ring (bicyclic) bond motifs is 1. The molecule has 0 spiro atoms. The van der Waals surface area contributed by atoms with Crippen LogP contribution >= 0.6 is 22.7 Å². The van der Waals surface area contributed by atoms with E-state index in [1.807, 2.05) is 40.4 Å². The van der Waals surface area contributed by atoms with E-state index in [-0.39, 0.29) is 18.1 Å². The van der Waals surface area contributed by atoms with Crippen LogP contribution in [0.4, 0.5) is 0 Å². The molecule has 7 heteroatoms. The molecule has 0 unspecified atom stereocenters. The van der Waals surface area contributed by atoms with Crippen LogP contribution in [-0.4, -0.2) is 26.5 Å². The van der Waals surface area contributed by atoms with Gasteiger partial charge < -0.3 is 10.4 Å². The lowest BCUT2D eigenvalue weighted by Gasteiger charge is -2.37. The van der Waals surface area contributed by atoms with Crippen LogP contribution in [0.5, 0.6) is 0 Å². The molecule has 2 N–H and O–H groups in total. The van der Waals surface area contributed by atoms with Crippen LogP contribution in [0.25, 0.3) is 4.96 Å². The van der Waals surface area contributed by atoms with Crippen LogP contribution in [0, 0.1) is 12.8 Å². The highest BCUT2D eigenvalue weighted by Gasteiger charge is 2.36. The van der Waals surface area contributed by atoms with Crippen molar-refractivity contribution in [3.05, 3.63) is 45.4 Å². The SMILES string of the molecule is Cc1cn2c(C(=O)N[C@H](c3cccs3)C3CC(O)C3)csc2n1. The van der Waals surface area contributed by atoms with Crippen molar-refractivity contribution in [1.82, 2.24) is 14.7 Å². The summed E-state index contributed by atoms with van der Waals surface area (Å²) in [6, 6.07) is 4.01. The van der Waals surface area contributed by atoms with Gasteiger partial charge in [0.15, 0.2) is 4.96 Å². The van der Waals surface area contributed by atoms with Crippen LogP contribution in [0.1, 0.15) is 39.9 Å². The van der Waals surface area contributed by atoms with Crippen LogP contribution in [0.15, 0.2) is 29.1 Å². The lowest BCUT2D eigenvalue weighted by Crippen LogP contribution is -2.41. The number of aliphatic hydroxyl groups excluding tert-OH is 1. The first-order valence-electron chi connectivity index (χ1n) is 7.57. The maximum atomic E-state index is 12.7. The Balaban J connectivity index is 1.59. The first-order valence-corrected chi connectivity index (χ1v) is 9.33. The van der Waals surface area contributed by atoms with Crippen molar-refractivity contribution < 1.29 is 9.90 Å². The number of hydrogen-bond donors (Lipinski definition) is 2. The third-order valence-electron chi connectivity index (χ3n) is 4.32. The van der Waals surface area contributed by atoms with Gasteiger partial charge in [-0.1, -0.05) is 6.07 Å². The summed E-state index contributed by atoms with van der Waals surface area (Å²) in [5.74, 6) is 0.208. The number of thiophene rings is 1. The van der Waals surface area contributed by atoms with E-state index in [4.69, 9.17) is 0 Å². The van der Waals surface area contributed by atoms with Crippen LogP contribution in [0.2, 0.25) is 0 Å². The fourth-order valence-corrected chi connectivity index (χ4v) is 4.83. The molecule has 1 aliphatic carbocycles. The van der Waals surface area contributed by atoms with Crippen molar-refractivity contribution in [2.24, 2.45) is 5.92 Å². The van der Waals surface area contributed by atoms with E-state index in [0.29, 0.717) is 11.6 Å². The highest BCUT2D eigenvalue weighted by Crippen LogP contribution is 2.39. The Hall–Kier alpha value is -1.70. The van der Waals surface area contributed by atoms with Gasteiger partial charge >= 0.3 is 0 Å². The Bertz CT molecular complexity index is 831. The van der Waals surface area contributed by atoms with E-state index >= 15 is 0 Å². The number of aryl methyl sites for hydroxylation is 1. The van der Waals surface area contributed by atoms with Crippen molar-refractivity contribution in [2.45, 2.75) is 31.9 Å². The van der Waals surface area contributed by atoms with Crippen LogP contribution < -0.4 is 5.32 Å². The molecule has 1 amide bonds. The predicted octanol–water partition coefficient (Wildman–Crippen LogP) is 3.01. The summed E-state index contributed by atoms with van der Waals surface area (Å²) in [4.78, 5) is 19.1. The Morgan fingerprint density at radius 3 is 3.00 bits per heavy atom. The summed E-state index contributed by atoms with van der Waals surface area (Å²) < 4.78 is 1.84. The topological polar surface area (TPSA) is 66.6 Å². The molecule has 120 valence electrons. The van der Waals surface area contributed by atoms with Crippen molar-refractivity contribution >= 4 is 33.5 Å². The van der Waals surface area contributed by atoms with E-state index in [0.717, 1.165) is 28.4 Å². The molecular formula is C16H17N3O2S2. The summed E-state index contributed by atoms with van der Waals surface area (Å²) in [6.45, 7) is 1.92. The lowest BCUT2D eigenvalue weighted by atomic mass is 9.76. The standard InChI is InChI=1S/C16H17N3O2S2/c1-9-7-19-12(8-23-16(19)17-9)15(21)18-14(10-5-11(20)6-10)13-3-2-4-22-13/h2-4,7-8,10-11,14,20H,5-6H2,1H3,(H,18,21)/t10?,11?,14-/m0/s1. The summed E-state index contributed by atoms with van der Waals surface area (Å²) in [7, 11) is 0. The number of hydrogen-bond acceptors (Lipinski definition) is 5. The van der Waals surface area contributed by atoms with Gasteiger partial charge in [-0.05, 0) is 37.1 Å². The van der Waals surface area contributed by atoms with Crippen LogP contribution in [-0.2, 0) is 0 Å². The van der Waals surface area contributed by atoms with Gasteiger partial charge in [0.05, 0.1) is 17.8 Å². The molecule has 0 radical (unpaired) electrons. The molecule has 1 aliphatic rings. The van der Waals surface area contributed by atoms with Crippen molar-refractivity contribution in [3.63, 3.8) is 0 Å². The van der Waals surface area contributed by atoms with Crippen molar-refractivity contribution in [3.8, 4) is 0 Å². The first kappa shape index (κ1) is 14.9. The third kappa shape index (κ3) is 2.69. The Kier molecular flexibility index (Phi) is 3.71. The Morgan fingerprint density at radius 1 is 1.48 bits per heavy atom. The molecule has 23 heavy (non-hydrogen) atoms. The van der Waals surface area contributed by atoms with Gasteiger partial charge in [0, 0.05) is 16.5 Å². The van der Waals surface area contributed by atoms with Gasteiger partial charge in [0.2, 0.25) is 0 Å². The average Bonchev–Trinajstić information content (AvgIpc) is 3.17. The lowest BCUT2D eigenvalue weighted by molar-refractivity contribution is 0.0240. The second-order valence-electron chi connectivity index (χ2n) is 6.01. The van der Waals surface area contributed by atoms with E-state index in [1.54, 1.807) is 11.3 Å². The minimum Gasteiger partial charge on any atom is -0.393 e. The maximum absolute atomic E-state index is 12.7.